The molecule has 1 atom stereocenters. The molecule has 0 amide bonds. The molecular weight excluding hydrogens is 400 g/mol. The molecule has 2 aromatic heterocycles. The molecular formula is C25H26N6O. The highest BCUT2D eigenvalue weighted by Crippen LogP contribution is 2.38. The highest BCUT2D eigenvalue weighted by molar-refractivity contribution is 5.92. The number of pyridine rings is 1. The summed E-state index contributed by atoms with van der Waals surface area (Å²) in [5, 5.41) is 15.3. The molecule has 1 aromatic carbocycles. The van der Waals surface area contributed by atoms with E-state index in [-0.39, 0.29) is 0 Å². The van der Waals surface area contributed by atoms with Crippen molar-refractivity contribution in [1.29, 1.82) is 5.26 Å². The molecule has 0 saturated carbocycles. The van der Waals surface area contributed by atoms with Crippen molar-refractivity contribution in [2.45, 2.75) is 6.92 Å². The van der Waals surface area contributed by atoms with Crippen LogP contribution in [0.4, 0.5) is 5.69 Å². The van der Waals surface area contributed by atoms with Crippen LogP contribution < -0.4 is 5.32 Å². The third-order valence-corrected chi connectivity index (χ3v) is 6.36. The molecule has 3 aromatic rings. The van der Waals surface area contributed by atoms with E-state index in [4.69, 9.17) is 4.74 Å². The van der Waals surface area contributed by atoms with Gasteiger partial charge < -0.3 is 15.0 Å². The molecule has 2 N–H and O–H groups in total. The number of aromatic nitrogens is 2. The van der Waals surface area contributed by atoms with Gasteiger partial charge in [0.25, 0.3) is 0 Å². The second kappa shape index (κ2) is 8.58. The van der Waals surface area contributed by atoms with Crippen LogP contribution in [0.5, 0.6) is 0 Å². The normalized spacial score (nSPS) is 21.6. The standard InChI is InChI=1S/C25H26N6O/c1-18-20-6-8-29-23(20)5-4-22(18)30-24-21(19-3-2-7-27-13-19)14-28-16-25(24,15-26)17-31-9-11-32-12-10-31/h2-8,13,16,29-30H,9-12,14,17H2,1H3. The Hall–Kier alpha value is -3.47. The Morgan fingerprint density at radius 3 is 2.91 bits per heavy atom. The summed E-state index contributed by atoms with van der Waals surface area (Å²) in [6, 6.07) is 12.8. The minimum absolute atomic E-state index is 0.506. The van der Waals surface area contributed by atoms with E-state index in [0.717, 1.165) is 46.7 Å². The Morgan fingerprint density at radius 1 is 1.25 bits per heavy atom. The van der Waals surface area contributed by atoms with Gasteiger partial charge in [0, 0.05) is 72.3 Å². The van der Waals surface area contributed by atoms with Crippen LogP contribution in [0.2, 0.25) is 0 Å². The van der Waals surface area contributed by atoms with Gasteiger partial charge in [0.15, 0.2) is 0 Å². The van der Waals surface area contributed by atoms with E-state index >= 15 is 0 Å². The molecule has 7 nitrogen and oxygen atoms in total. The maximum Gasteiger partial charge on any atom is 0.144 e. The maximum absolute atomic E-state index is 10.5. The minimum atomic E-state index is -0.889. The molecule has 1 unspecified atom stereocenters. The van der Waals surface area contributed by atoms with E-state index in [0.29, 0.717) is 26.3 Å². The summed E-state index contributed by atoms with van der Waals surface area (Å²) in [5.74, 6) is 0. The number of nitrogens with one attached hydrogen (secondary N) is 2. The summed E-state index contributed by atoms with van der Waals surface area (Å²) >= 11 is 0. The number of nitriles is 1. The number of nitrogens with zero attached hydrogens (tertiary/aromatic N) is 4. The Labute approximate surface area is 187 Å². The molecule has 0 radical (unpaired) electrons. The summed E-state index contributed by atoms with van der Waals surface area (Å²) < 4.78 is 5.52. The van der Waals surface area contributed by atoms with Gasteiger partial charge >= 0.3 is 0 Å². The monoisotopic (exact) mass is 426 g/mol. The Morgan fingerprint density at radius 2 is 2.12 bits per heavy atom. The van der Waals surface area contributed by atoms with Gasteiger partial charge in [-0.15, -0.1) is 0 Å². The van der Waals surface area contributed by atoms with Crippen LogP contribution in [0.25, 0.3) is 16.5 Å². The number of anilines is 1. The largest absolute Gasteiger partial charge is 0.379 e. The molecule has 0 spiro atoms. The Kier molecular flexibility index (Phi) is 5.48. The first-order valence-electron chi connectivity index (χ1n) is 10.9. The van der Waals surface area contributed by atoms with Gasteiger partial charge in [-0.3, -0.25) is 14.9 Å². The van der Waals surface area contributed by atoms with Gasteiger partial charge in [-0.25, -0.2) is 0 Å². The van der Waals surface area contributed by atoms with Crippen molar-refractivity contribution in [3.05, 3.63) is 65.7 Å². The number of aliphatic imine (C=N–C) groups is 1. The SMILES string of the molecule is Cc1c(NC2=C(c3cccnc3)CN=CC2(C#N)CN2CCOCC2)ccc2[nH]ccc12. The van der Waals surface area contributed by atoms with E-state index in [9.17, 15) is 5.26 Å². The van der Waals surface area contributed by atoms with Gasteiger partial charge in [-0.2, -0.15) is 5.26 Å². The molecule has 7 heteroatoms. The predicted octanol–water partition coefficient (Wildman–Crippen LogP) is 3.62. The molecule has 5 rings (SSSR count). The van der Waals surface area contributed by atoms with Gasteiger partial charge in [0.05, 0.1) is 25.8 Å². The van der Waals surface area contributed by atoms with E-state index in [2.05, 4.69) is 56.4 Å². The number of H-pyrrole nitrogens is 1. The number of aromatic amines is 1. The molecule has 4 heterocycles. The first kappa shape index (κ1) is 20.4. The third kappa shape index (κ3) is 3.68. The molecule has 1 fully saturated rings. The van der Waals surface area contributed by atoms with Gasteiger partial charge in [0.2, 0.25) is 0 Å². The fraction of sp³-hybridized carbons (Fsp3) is 0.320. The second-order valence-electron chi connectivity index (χ2n) is 8.34. The Bertz CT molecular complexity index is 1220. The van der Waals surface area contributed by atoms with Gasteiger partial charge in [-0.05, 0) is 42.3 Å². The smallest absolute Gasteiger partial charge is 0.144 e. The number of fused-ring (bicyclic) bond motifs is 1. The fourth-order valence-electron chi connectivity index (χ4n) is 4.58. The number of morpholine rings is 1. The van der Waals surface area contributed by atoms with Crippen LogP contribution in [0.3, 0.4) is 0 Å². The van der Waals surface area contributed by atoms with Crippen molar-refractivity contribution >= 4 is 28.4 Å². The van der Waals surface area contributed by atoms with Crippen LogP contribution in [-0.4, -0.2) is 60.5 Å². The van der Waals surface area contributed by atoms with E-state index in [1.807, 2.05) is 30.7 Å². The lowest BCUT2D eigenvalue weighted by Crippen LogP contribution is -2.47. The zero-order valence-electron chi connectivity index (χ0n) is 18.1. The molecule has 0 aliphatic carbocycles. The lowest BCUT2D eigenvalue weighted by atomic mass is 9.80. The fourth-order valence-corrected chi connectivity index (χ4v) is 4.58. The summed E-state index contributed by atoms with van der Waals surface area (Å²) in [4.78, 5) is 14.5. The lowest BCUT2D eigenvalue weighted by Gasteiger charge is -2.37. The number of benzene rings is 1. The third-order valence-electron chi connectivity index (χ3n) is 6.36. The van der Waals surface area contributed by atoms with Crippen molar-refractivity contribution in [1.82, 2.24) is 14.9 Å². The summed E-state index contributed by atoms with van der Waals surface area (Å²) in [5.41, 5.74) is 5.21. The number of hydrogen-bond acceptors (Lipinski definition) is 6. The van der Waals surface area contributed by atoms with Crippen molar-refractivity contribution in [2.75, 3.05) is 44.7 Å². The van der Waals surface area contributed by atoms with Crippen molar-refractivity contribution in [2.24, 2.45) is 10.4 Å². The number of aryl methyl sites for hydroxylation is 1. The average molecular weight is 427 g/mol. The van der Waals surface area contributed by atoms with E-state index in [1.165, 1.54) is 5.39 Å². The predicted molar refractivity (Wildman–Crippen MR) is 126 cm³/mol. The van der Waals surface area contributed by atoms with Gasteiger partial charge in [-0.1, -0.05) is 6.07 Å². The zero-order chi connectivity index (χ0) is 22.0. The minimum Gasteiger partial charge on any atom is -0.379 e. The summed E-state index contributed by atoms with van der Waals surface area (Å²) in [6.45, 7) is 6.16. The van der Waals surface area contributed by atoms with Crippen LogP contribution in [0.1, 0.15) is 11.1 Å². The first-order valence-corrected chi connectivity index (χ1v) is 10.9. The van der Waals surface area contributed by atoms with E-state index < -0.39 is 5.41 Å². The molecule has 0 bridgehead atoms. The molecule has 162 valence electrons. The van der Waals surface area contributed by atoms with E-state index in [1.54, 1.807) is 6.20 Å². The highest BCUT2D eigenvalue weighted by atomic mass is 16.5. The average Bonchev–Trinajstić information content (AvgIpc) is 3.33. The first-order chi connectivity index (χ1) is 15.7. The molecule has 1 saturated heterocycles. The van der Waals surface area contributed by atoms with Crippen molar-refractivity contribution in [3.63, 3.8) is 0 Å². The van der Waals surface area contributed by atoms with Crippen LogP contribution in [0, 0.1) is 23.7 Å². The Balaban J connectivity index is 1.62. The van der Waals surface area contributed by atoms with Crippen LogP contribution >= 0.6 is 0 Å². The van der Waals surface area contributed by atoms with Crippen LogP contribution in [0.15, 0.2) is 59.6 Å². The van der Waals surface area contributed by atoms with Crippen molar-refractivity contribution < 1.29 is 4.74 Å². The summed E-state index contributed by atoms with van der Waals surface area (Å²) in [7, 11) is 0. The van der Waals surface area contributed by atoms with Crippen LogP contribution in [-0.2, 0) is 4.74 Å². The number of dihydropyridines is 1. The lowest BCUT2D eigenvalue weighted by molar-refractivity contribution is 0.0326. The number of hydrogen-bond donors (Lipinski definition) is 2. The van der Waals surface area contributed by atoms with Gasteiger partial charge in [0.1, 0.15) is 5.41 Å². The molecule has 32 heavy (non-hydrogen) atoms. The number of ether oxygens (including phenoxy) is 1. The number of rotatable bonds is 5. The topological polar surface area (TPSA) is 89.3 Å². The zero-order valence-corrected chi connectivity index (χ0v) is 18.1. The highest BCUT2D eigenvalue weighted by Gasteiger charge is 2.40. The van der Waals surface area contributed by atoms with Crippen molar-refractivity contribution in [3.8, 4) is 6.07 Å². The second-order valence-corrected chi connectivity index (χ2v) is 8.34. The quantitative estimate of drug-likeness (QED) is 0.650. The summed E-state index contributed by atoms with van der Waals surface area (Å²) in [6.07, 6.45) is 7.39. The molecule has 2 aliphatic heterocycles. The molecule has 2 aliphatic rings. The maximum atomic E-state index is 10.5.